The quantitative estimate of drug-likeness (QED) is 0.447. The van der Waals surface area contributed by atoms with Gasteiger partial charge >= 0.3 is 0 Å². The van der Waals surface area contributed by atoms with E-state index in [0.717, 1.165) is 5.56 Å². The lowest BCUT2D eigenvalue weighted by Crippen LogP contribution is -2.41. The van der Waals surface area contributed by atoms with Gasteiger partial charge in [0.2, 0.25) is 21.8 Å². The molecule has 206 valence electrons. The largest absolute Gasteiger partial charge is 0.494 e. The predicted octanol–water partition coefficient (Wildman–Crippen LogP) is 4.59. The van der Waals surface area contributed by atoms with E-state index in [1.54, 1.807) is 42.2 Å². The summed E-state index contributed by atoms with van der Waals surface area (Å²) in [7, 11) is -3.82. The first kappa shape index (κ1) is 28.4. The van der Waals surface area contributed by atoms with E-state index in [1.807, 2.05) is 13.8 Å². The van der Waals surface area contributed by atoms with Gasteiger partial charge in [-0.05, 0) is 78.9 Å². The zero-order valence-electron chi connectivity index (χ0n) is 22.0. The Balaban J connectivity index is 1.46. The molecule has 4 rings (SSSR count). The number of sulfonamides is 1. The molecule has 2 aliphatic rings. The van der Waals surface area contributed by atoms with E-state index in [-0.39, 0.29) is 35.7 Å². The van der Waals surface area contributed by atoms with Crippen LogP contribution in [-0.2, 0) is 26.0 Å². The molecule has 2 aliphatic heterocycles. The van der Waals surface area contributed by atoms with Gasteiger partial charge in [0.1, 0.15) is 11.5 Å². The van der Waals surface area contributed by atoms with Crippen LogP contribution < -0.4 is 19.7 Å². The Morgan fingerprint density at radius 3 is 2.39 bits per heavy atom. The summed E-state index contributed by atoms with van der Waals surface area (Å²) in [6, 6.07) is 8.71. The van der Waals surface area contributed by atoms with Crippen molar-refractivity contribution in [3.8, 4) is 11.5 Å². The Bertz CT molecular complexity index is 1310. The fraction of sp³-hybridized carbons (Fsp3) is 0.481. The molecular formula is C27H34BrN3O6S. The molecule has 38 heavy (non-hydrogen) atoms. The first-order valence-corrected chi connectivity index (χ1v) is 15.3. The maximum absolute atomic E-state index is 13.6. The molecule has 0 spiro atoms. The van der Waals surface area contributed by atoms with Crippen molar-refractivity contribution in [3.05, 3.63) is 40.4 Å². The van der Waals surface area contributed by atoms with E-state index in [1.165, 1.54) is 4.31 Å². The average Bonchev–Trinajstić information content (AvgIpc) is 3.32. The minimum absolute atomic E-state index is 0.0273. The molecule has 0 bridgehead atoms. The molecule has 0 aromatic heterocycles. The zero-order valence-corrected chi connectivity index (χ0v) is 24.4. The van der Waals surface area contributed by atoms with Gasteiger partial charge in [0, 0.05) is 48.2 Å². The topological polar surface area (TPSA) is 105 Å². The van der Waals surface area contributed by atoms with E-state index in [0.29, 0.717) is 72.8 Å². The van der Waals surface area contributed by atoms with Crippen LogP contribution in [0.1, 0.15) is 45.6 Å². The van der Waals surface area contributed by atoms with Crippen molar-refractivity contribution in [3.63, 3.8) is 0 Å². The molecule has 1 saturated heterocycles. The SMILES string of the molecule is CCOc1ccc(OCC)c(NC(=O)C2CCN(S(=O)(=O)c3cc4c(cc3Br)CCN4C(=O)CC)CC2)c1. The van der Waals surface area contributed by atoms with Crippen LogP contribution in [0, 0.1) is 5.92 Å². The number of fused-ring (bicyclic) bond motifs is 1. The van der Waals surface area contributed by atoms with Crippen molar-refractivity contribution in [1.29, 1.82) is 0 Å². The van der Waals surface area contributed by atoms with Crippen molar-refractivity contribution in [2.75, 3.05) is 43.1 Å². The highest BCUT2D eigenvalue weighted by molar-refractivity contribution is 9.10. The lowest BCUT2D eigenvalue weighted by molar-refractivity contribution is -0.121. The maximum atomic E-state index is 13.6. The lowest BCUT2D eigenvalue weighted by Gasteiger charge is -2.31. The van der Waals surface area contributed by atoms with Gasteiger partial charge in [-0.2, -0.15) is 4.31 Å². The lowest BCUT2D eigenvalue weighted by atomic mass is 9.97. The summed E-state index contributed by atoms with van der Waals surface area (Å²) in [6.45, 7) is 7.51. The number of halogens is 1. The number of piperidine rings is 1. The van der Waals surface area contributed by atoms with Crippen LogP contribution in [0.15, 0.2) is 39.7 Å². The molecule has 2 heterocycles. The number of hydrogen-bond donors (Lipinski definition) is 1. The molecular weight excluding hydrogens is 574 g/mol. The Kier molecular flexibility index (Phi) is 9.00. The molecule has 2 aromatic rings. The first-order valence-electron chi connectivity index (χ1n) is 13.0. The standard InChI is InChI=1S/C27H34BrN3O6S/c1-4-26(32)31-14-11-19-15-21(28)25(17-23(19)31)38(34,35)30-12-9-18(10-13-30)27(33)29-22-16-20(36-5-2)7-8-24(22)37-6-3/h7-8,15-18H,4-6,9-14H2,1-3H3,(H,29,33). The highest BCUT2D eigenvalue weighted by atomic mass is 79.9. The van der Waals surface area contributed by atoms with Crippen molar-refractivity contribution >= 4 is 49.1 Å². The summed E-state index contributed by atoms with van der Waals surface area (Å²) in [5.74, 6) is 0.644. The Morgan fingerprint density at radius 1 is 1.03 bits per heavy atom. The number of benzene rings is 2. The molecule has 0 saturated carbocycles. The van der Waals surface area contributed by atoms with Crippen LogP contribution in [0.3, 0.4) is 0 Å². The number of nitrogens with zero attached hydrogens (tertiary/aromatic N) is 2. The third-order valence-electron chi connectivity index (χ3n) is 6.89. The molecule has 1 fully saturated rings. The first-order chi connectivity index (χ1) is 18.2. The fourth-order valence-corrected chi connectivity index (χ4v) is 7.45. The van der Waals surface area contributed by atoms with Crippen LogP contribution in [-0.4, -0.2) is 57.4 Å². The average molecular weight is 609 g/mol. The number of carbonyl (C=O) groups is 2. The Morgan fingerprint density at radius 2 is 1.74 bits per heavy atom. The van der Waals surface area contributed by atoms with E-state index in [2.05, 4.69) is 21.2 Å². The molecule has 2 amide bonds. The molecule has 11 heteroatoms. The number of carbonyl (C=O) groups excluding carboxylic acids is 2. The van der Waals surface area contributed by atoms with Gasteiger partial charge in [0.25, 0.3) is 0 Å². The van der Waals surface area contributed by atoms with Gasteiger partial charge in [0.15, 0.2) is 0 Å². The van der Waals surface area contributed by atoms with Crippen molar-refractivity contribution < 1.29 is 27.5 Å². The van der Waals surface area contributed by atoms with Crippen molar-refractivity contribution in [2.45, 2.75) is 51.3 Å². The predicted molar refractivity (Wildman–Crippen MR) is 149 cm³/mol. The van der Waals surface area contributed by atoms with Crippen molar-refractivity contribution in [1.82, 2.24) is 4.31 Å². The minimum Gasteiger partial charge on any atom is -0.494 e. The third-order valence-corrected chi connectivity index (χ3v) is 9.75. The van der Waals surface area contributed by atoms with Crippen LogP contribution >= 0.6 is 15.9 Å². The minimum atomic E-state index is -3.82. The second kappa shape index (κ2) is 12.0. The number of amides is 2. The second-order valence-electron chi connectivity index (χ2n) is 9.25. The third kappa shape index (κ3) is 5.84. The van der Waals surface area contributed by atoms with Crippen molar-refractivity contribution in [2.24, 2.45) is 5.92 Å². The number of anilines is 2. The van der Waals surface area contributed by atoms with Gasteiger partial charge in [0.05, 0.1) is 23.8 Å². The summed E-state index contributed by atoms with van der Waals surface area (Å²) in [5, 5.41) is 2.95. The van der Waals surface area contributed by atoms with Gasteiger partial charge in [-0.25, -0.2) is 8.42 Å². The fourth-order valence-electron chi connectivity index (χ4n) is 4.91. The van der Waals surface area contributed by atoms with E-state index in [9.17, 15) is 18.0 Å². The summed E-state index contributed by atoms with van der Waals surface area (Å²) in [4.78, 5) is 27.3. The molecule has 0 unspecified atom stereocenters. The summed E-state index contributed by atoms with van der Waals surface area (Å²) >= 11 is 3.44. The van der Waals surface area contributed by atoms with E-state index in [4.69, 9.17) is 9.47 Å². The molecule has 0 atom stereocenters. The van der Waals surface area contributed by atoms with E-state index < -0.39 is 10.0 Å². The Hall–Kier alpha value is -2.63. The van der Waals surface area contributed by atoms with Gasteiger partial charge in [-0.15, -0.1) is 0 Å². The van der Waals surface area contributed by atoms with Crippen LogP contribution in [0.4, 0.5) is 11.4 Å². The smallest absolute Gasteiger partial charge is 0.244 e. The number of hydrogen-bond acceptors (Lipinski definition) is 6. The summed E-state index contributed by atoms with van der Waals surface area (Å²) in [5.41, 5.74) is 2.14. The van der Waals surface area contributed by atoms with Crippen LogP contribution in [0.2, 0.25) is 0 Å². The monoisotopic (exact) mass is 607 g/mol. The molecule has 2 aromatic carbocycles. The van der Waals surface area contributed by atoms with Gasteiger partial charge in [-0.3, -0.25) is 9.59 Å². The summed E-state index contributed by atoms with van der Waals surface area (Å²) < 4.78 is 40.3. The summed E-state index contributed by atoms with van der Waals surface area (Å²) in [6.07, 6.45) is 1.83. The molecule has 9 nitrogen and oxygen atoms in total. The highest BCUT2D eigenvalue weighted by Crippen LogP contribution is 2.38. The highest BCUT2D eigenvalue weighted by Gasteiger charge is 2.35. The number of nitrogens with one attached hydrogen (secondary N) is 1. The van der Waals surface area contributed by atoms with Gasteiger partial charge < -0.3 is 19.7 Å². The van der Waals surface area contributed by atoms with E-state index >= 15 is 0 Å². The van der Waals surface area contributed by atoms with Crippen LogP contribution in [0.5, 0.6) is 11.5 Å². The second-order valence-corrected chi connectivity index (χ2v) is 12.0. The number of rotatable bonds is 9. The Labute approximate surface area is 232 Å². The zero-order chi connectivity index (χ0) is 27.4. The number of ether oxygens (including phenoxy) is 2. The van der Waals surface area contributed by atoms with Gasteiger partial charge in [-0.1, -0.05) is 6.92 Å². The molecule has 0 radical (unpaired) electrons. The molecule has 0 aliphatic carbocycles. The van der Waals surface area contributed by atoms with Crippen LogP contribution in [0.25, 0.3) is 0 Å². The normalized spacial score (nSPS) is 16.3. The molecule has 1 N–H and O–H groups in total. The maximum Gasteiger partial charge on any atom is 0.244 e.